The van der Waals surface area contributed by atoms with Crippen LogP contribution in [0.2, 0.25) is 0 Å². The molecular formula is C23H21F3N4O3. The van der Waals surface area contributed by atoms with Gasteiger partial charge in [-0.1, -0.05) is 6.07 Å². The largest absolute Gasteiger partial charge is 0.573 e. The highest BCUT2D eigenvalue weighted by Gasteiger charge is 2.31. The Labute approximate surface area is 187 Å². The third kappa shape index (κ3) is 5.58. The van der Waals surface area contributed by atoms with Crippen molar-refractivity contribution in [3.63, 3.8) is 0 Å². The molecule has 1 saturated heterocycles. The second kappa shape index (κ2) is 9.45. The van der Waals surface area contributed by atoms with Crippen molar-refractivity contribution in [3.8, 4) is 16.9 Å². The standard InChI is InChI=1S/C23H21F3N4O3/c24-23(25,26)33-19-7-5-17(6-8-19)29-22(32)16-11-20(15-3-4-18(14-31)27-12-15)21(28-13-16)30-9-1-2-10-30/h3-8,11-13,31H,1-2,9-10,14H2,(H,29,32). The van der Waals surface area contributed by atoms with E-state index in [9.17, 15) is 23.1 Å². The molecule has 10 heteroatoms. The summed E-state index contributed by atoms with van der Waals surface area (Å²) in [5, 5.41) is 11.9. The maximum Gasteiger partial charge on any atom is 0.573 e. The van der Waals surface area contributed by atoms with Crippen LogP contribution in [-0.2, 0) is 6.61 Å². The summed E-state index contributed by atoms with van der Waals surface area (Å²) in [5.74, 6) is -0.0874. The second-order valence-electron chi connectivity index (χ2n) is 7.51. The quantitative estimate of drug-likeness (QED) is 0.570. The fourth-order valence-corrected chi connectivity index (χ4v) is 3.60. The van der Waals surface area contributed by atoms with E-state index in [1.807, 2.05) is 6.07 Å². The molecule has 1 fully saturated rings. The SMILES string of the molecule is O=C(Nc1ccc(OC(F)(F)F)cc1)c1cnc(N2CCCC2)c(-c2ccc(CO)nc2)c1. The van der Waals surface area contributed by atoms with E-state index in [0.717, 1.165) is 55.0 Å². The lowest BCUT2D eigenvalue weighted by Gasteiger charge is -2.21. The minimum Gasteiger partial charge on any atom is -0.406 e. The lowest BCUT2D eigenvalue weighted by atomic mass is 10.0. The molecular weight excluding hydrogens is 437 g/mol. The Kier molecular flexibility index (Phi) is 6.45. The van der Waals surface area contributed by atoms with Crippen LogP contribution in [0.5, 0.6) is 5.75 Å². The third-order valence-electron chi connectivity index (χ3n) is 5.18. The fraction of sp³-hybridized carbons (Fsp3) is 0.261. The van der Waals surface area contributed by atoms with Gasteiger partial charge >= 0.3 is 6.36 Å². The van der Waals surface area contributed by atoms with E-state index in [-0.39, 0.29) is 17.9 Å². The van der Waals surface area contributed by atoms with Crippen molar-refractivity contribution < 1.29 is 27.8 Å². The van der Waals surface area contributed by atoms with Crippen molar-refractivity contribution in [1.82, 2.24) is 9.97 Å². The average molecular weight is 458 g/mol. The maximum absolute atomic E-state index is 12.8. The molecule has 3 heterocycles. The van der Waals surface area contributed by atoms with Gasteiger partial charge in [-0.3, -0.25) is 9.78 Å². The molecule has 33 heavy (non-hydrogen) atoms. The van der Waals surface area contributed by atoms with E-state index in [1.54, 1.807) is 18.3 Å². The summed E-state index contributed by atoms with van der Waals surface area (Å²) in [6.07, 6.45) is 0.429. The summed E-state index contributed by atoms with van der Waals surface area (Å²) in [4.78, 5) is 23.7. The minimum atomic E-state index is -4.78. The Morgan fingerprint density at radius 3 is 2.39 bits per heavy atom. The Morgan fingerprint density at radius 1 is 1.06 bits per heavy atom. The van der Waals surface area contributed by atoms with Crippen molar-refractivity contribution in [2.45, 2.75) is 25.8 Å². The highest BCUT2D eigenvalue weighted by atomic mass is 19.4. The van der Waals surface area contributed by atoms with Gasteiger partial charge in [0.2, 0.25) is 0 Å². The molecule has 0 spiro atoms. The summed E-state index contributed by atoms with van der Waals surface area (Å²) in [6.45, 7) is 1.55. The number of halogens is 3. The Balaban J connectivity index is 1.58. The number of ether oxygens (including phenoxy) is 1. The third-order valence-corrected chi connectivity index (χ3v) is 5.18. The van der Waals surface area contributed by atoms with E-state index >= 15 is 0 Å². The van der Waals surface area contributed by atoms with Gasteiger partial charge in [0.25, 0.3) is 5.91 Å². The molecule has 0 unspecified atom stereocenters. The van der Waals surface area contributed by atoms with Gasteiger partial charge < -0.3 is 20.1 Å². The van der Waals surface area contributed by atoms with Crippen LogP contribution in [0.4, 0.5) is 24.7 Å². The zero-order valence-electron chi connectivity index (χ0n) is 17.5. The topological polar surface area (TPSA) is 87.6 Å². The number of hydrogen-bond acceptors (Lipinski definition) is 6. The number of aliphatic hydroxyl groups excluding tert-OH is 1. The van der Waals surface area contributed by atoms with Crippen LogP contribution < -0.4 is 15.0 Å². The van der Waals surface area contributed by atoms with Gasteiger partial charge in [0.15, 0.2) is 0 Å². The molecule has 4 rings (SSSR count). The number of alkyl halides is 3. The van der Waals surface area contributed by atoms with E-state index in [4.69, 9.17) is 0 Å². The van der Waals surface area contributed by atoms with Gasteiger partial charge in [-0.2, -0.15) is 0 Å². The Bertz CT molecular complexity index is 1110. The molecule has 0 saturated carbocycles. The van der Waals surface area contributed by atoms with Crippen LogP contribution in [0.25, 0.3) is 11.1 Å². The number of aromatic nitrogens is 2. The van der Waals surface area contributed by atoms with E-state index < -0.39 is 12.3 Å². The molecule has 172 valence electrons. The summed E-state index contributed by atoms with van der Waals surface area (Å²) >= 11 is 0. The number of amides is 1. The number of nitrogens with one attached hydrogen (secondary N) is 1. The first kappa shape index (κ1) is 22.5. The van der Waals surface area contributed by atoms with Crippen molar-refractivity contribution in [2.24, 2.45) is 0 Å². The van der Waals surface area contributed by atoms with Crippen LogP contribution in [0.1, 0.15) is 28.9 Å². The molecule has 3 aromatic rings. The molecule has 7 nitrogen and oxygen atoms in total. The molecule has 0 aliphatic carbocycles. The van der Waals surface area contributed by atoms with Gasteiger partial charge in [-0.15, -0.1) is 13.2 Å². The summed E-state index contributed by atoms with van der Waals surface area (Å²) < 4.78 is 40.8. The zero-order valence-corrected chi connectivity index (χ0v) is 17.5. The van der Waals surface area contributed by atoms with Gasteiger partial charge in [0, 0.05) is 42.3 Å². The normalized spacial score (nSPS) is 13.8. The van der Waals surface area contributed by atoms with Crippen molar-refractivity contribution >= 4 is 17.4 Å². The first-order valence-corrected chi connectivity index (χ1v) is 10.3. The van der Waals surface area contributed by atoms with Crippen molar-refractivity contribution in [1.29, 1.82) is 0 Å². The molecule has 1 aliphatic heterocycles. The highest BCUT2D eigenvalue weighted by molar-refractivity contribution is 6.05. The highest BCUT2D eigenvalue weighted by Crippen LogP contribution is 2.32. The van der Waals surface area contributed by atoms with Gasteiger partial charge in [0.05, 0.1) is 17.9 Å². The second-order valence-corrected chi connectivity index (χ2v) is 7.51. The number of carbonyl (C=O) groups excluding carboxylic acids is 1. The molecule has 0 bridgehead atoms. The summed E-state index contributed by atoms with van der Waals surface area (Å²) in [5.41, 5.74) is 2.62. The molecule has 0 atom stereocenters. The van der Waals surface area contributed by atoms with Gasteiger partial charge in [-0.25, -0.2) is 4.98 Å². The summed E-state index contributed by atoms with van der Waals surface area (Å²) in [6, 6.07) is 10.1. The van der Waals surface area contributed by atoms with Gasteiger partial charge in [-0.05, 0) is 49.2 Å². The van der Waals surface area contributed by atoms with Gasteiger partial charge in [0.1, 0.15) is 11.6 Å². The van der Waals surface area contributed by atoms with Crippen LogP contribution in [0.15, 0.2) is 54.9 Å². The molecule has 2 aromatic heterocycles. The fourth-order valence-electron chi connectivity index (χ4n) is 3.60. The molecule has 0 radical (unpaired) electrons. The number of benzene rings is 1. The lowest BCUT2D eigenvalue weighted by Crippen LogP contribution is -2.21. The number of nitrogens with zero attached hydrogens (tertiary/aromatic N) is 3. The van der Waals surface area contributed by atoms with Crippen LogP contribution in [0, 0.1) is 0 Å². The smallest absolute Gasteiger partial charge is 0.406 e. The van der Waals surface area contributed by atoms with E-state index in [1.165, 1.54) is 18.3 Å². The number of carbonyl (C=O) groups is 1. The molecule has 1 amide bonds. The maximum atomic E-state index is 12.8. The monoisotopic (exact) mass is 458 g/mol. The Hall–Kier alpha value is -3.66. The first-order chi connectivity index (χ1) is 15.8. The Morgan fingerprint density at radius 2 is 1.79 bits per heavy atom. The summed E-state index contributed by atoms with van der Waals surface area (Å²) in [7, 11) is 0. The van der Waals surface area contributed by atoms with Crippen molar-refractivity contribution in [2.75, 3.05) is 23.3 Å². The first-order valence-electron chi connectivity index (χ1n) is 10.3. The number of pyridine rings is 2. The number of aliphatic hydroxyl groups is 1. The number of rotatable bonds is 6. The lowest BCUT2D eigenvalue weighted by molar-refractivity contribution is -0.274. The van der Waals surface area contributed by atoms with Crippen LogP contribution in [-0.4, -0.2) is 40.4 Å². The number of hydrogen-bond donors (Lipinski definition) is 2. The van der Waals surface area contributed by atoms with Crippen LogP contribution >= 0.6 is 0 Å². The minimum absolute atomic E-state index is 0.174. The van der Waals surface area contributed by atoms with Crippen molar-refractivity contribution in [3.05, 3.63) is 66.1 Å². The zero-order chi connectivity index (χ0) is 23.4. The van der Waals surface area contributed by atoms with E-state index in [0.29, 0.717) is 11.4 Å². The molecule has 2 N–H and O–H groups in total. The predicted molar refractivity (Wildman–Crippen MR) is 116 cm³/mol. The van der Waals surface area contributed by atoms with Crippen LogP contribution in [0.3, 0.4) is 0 Å². The average Bonchev–Trinajstić information content (AvgIpc) is 3.34. The molecule has 1 aliphatic rings. The predicted octanol–water partition coefficient (Wildman–Crippen LogP) is 4.39. The van der Waals surface area contributed by atoms with E-state index in [2.05, 4.69) is 24.9 Å². The number of anilines is 2. The molecule has 1 aromatic carbocycles.